The van der Waals surface area contributed by atoms with Crippen molar-refractivity contribution in [1.82, 2.24) is 10.6 Å². The summed E-state index contributed by atoms with van der Waals surface area (Å²) in [6, 6.07) is -1.12. The van der Waals surface area contributed by atoms with Crippen molar-refractivity contribution in [2.45, 2.75) is 142 Å². The number of aliphatic hydroxyl groups is 2. The lowest BCUT2D eigenvalue weighted by Gasteiger charge is -2.32. The molecule has 0 heterocycles. The minimum absolute atomic E-state index is 0.333. The Hall–Kier alpha value is -2.20. The molecule has 2 aliphatic carbocycles. The quantitative estimate of drug-likeness (QED) is 0.323. The number of hydrogen-bond acceptors (Lipinski definition) is 8. The lowest BCUT2D eigenvalue weighted by molar-refractivity contribution is -0.127. The van der Waals surface area contributed by atoms with Crippen molar-refractivity contribution in [2.24, 2.45) is 11.8 Å². The molecular formula is C28H50N2O8. The van der Waals surface area contributed by atoms with Gasteiger partial charge in [0.25, 0.3) is 0 Å². The van der Waals surface area contributed by atoms with Crippen LogP contribution in [0.2, 0.25) is 0 Å². The largest absolute Gasteiger partial charge is 0.444 e. The number of ketones is 2. The second-order valence-electron chi connectivity index (χ2n) is 12.7. The van der Waals surface area contributed by atoms with Crippen molar-refractivity contribution >= 4 is 23.8 Å². The maximum atomic E-state index is 11.7. The van der Waals surface area contributed by atoms with Gasteiger partial charge in [0, 0.05) is 0 Å². The average molecular weight is 543 g/mol. The maximum absolute atomic E-state index is 11.7. The van der Waals surface area contributed by atoms with Crippen molar-refractivity contribution in [2.75, 3.05) is 0 Å². The highest BCUT2D eigenvalue weighted by Crippen LogP contribution is 2.32. The lowest BCUT2D eigenvalue weighted by atomic mass is 9.79. The highest BCUT2D eigenvalue weighted by Gasteiger charge is 2.32. The van der Waals surface area contributed by atoms with Gasteiger partial charge in [-0.05, 0) is 80.1 Å². The highest BCUT2D eigenvalue weighted by atomic mass is 16.6. The van der Waals surface area contributed by atoms with Crippen LogP contribution >= 0.6 is 0 Å². The molecule has 220 valence electrons. The van der Waals surface area contributed by atoms with Gasteiger partial charge in [-0.15, -0.1) is 0 Å². The Bertz CT molecular complexity index is 728. The van der Waals surface area contributed by atoms with Gasteiger partial charge in [-0.3, -0.25) is 9.59 Å². The number of carbonyl (C=O) groups excluding carboxylic acids is 4. The van der Waals surface area contributed by atoms with Gasteiger partial charge in [0.15, 0.2) is 11.6 Å². The number of alkyl carbamates (subject to hydrolysis) is 2. The zero-order chi connectivity index (χ0) is 29.3. The molecule has 2 rings (SSSR count). The SMILES string of the molecule is CC(=O)[C@H](O)[C@@H](CC1CCC1)NC(=O)OC(C)(C)C.CC(=O)[C@H](O)[C@H](CC1CCC1)NC(=O)OC(C)(C)C. The number of ether oxygens (including phenoxy) is 2. The number of rotatable bonds is 10. The number of carbonyl (C=O) groups is 4. The fraction of sp³-hybridized carbons (Fsp3) is 0.857. The molecule has 10 heteroatoms. The monoisotopic (exact) mass is 542 g/mol. The van der Waals surface area contributed by atoms with Gasteiger partial charge >= 0.3 is 12.2 Å². The summed E-state index contributed by atoms with van der Waals surface area (Å²) in [5.74, 6) is 0.295. The molecule has 0 aromatic heterocycles. The highest BCUT2D eigenvalue weighted by molar-refractivity contribution is 5.82. The topological polar surface area (TPSA) is 151 Å². The van der Waals surface area contributed by atoms with E-state index in [9.17, 15) is 29.4 Å². The standard InChI is InChI=1S/2C14H25NO4/c2*1-9(16)12(17)11(8-10-6-5-7-10)15-13(18)19-14(2,3)4/h2*10-12,17H,5-8H2,1-4H3,(H,15,18)/t11-,12+;11-,12-/m10/s1. The normalized spacial score (nSPS) is 19.2. The van der Waals surface area contributed by atoms with E-state index >= 15 is 0 Å². The smallest absolute Gasteiger partial charge is 0.407 e. The van der Waals surface area contributed by atoms with E-state index in [1.165, 1.54) is 26.7 Å². The van der Waals surface area contributed by atoms with E-state index in [0.29, 0.717) is 24.7 Å². The van der Waals surface area contributed by atoms with Crippen LogP contribution < -0.4 is 10.6 Å². The van der Waals surface area contributed by atoms with Crippen LogP contribution in [0.1, 0.15) is 107 Å². The Morgan fingerprint density at radius 1 is 0.684 bits per heavy atom. The van der Waals surface area contributed by atoms with Crippen molar-refractivity contribution in [3.05, 3.63) is 0 Å². The van der Waals surface area contributed by atoms with E-state index in [-0.39, 0.29) is 11.6 Å². The van der Waals surface area contributed by atoms with Crippen molar-refractivity contribution in [3.63, 3.8) is 0 Å². The van der Waals surface area contributed by atoms with Crippen molar-refractivity contribution < 1.29 is 38.9 Å². The van der Waals surface area contributed by atoms with Gasteiger partial charge in [-0.1, -0.05) is 38.5 Å². The van der Waals surface area contributed by atoms with Gasteiger partial charge in [0.05, 0.1) is 12.1 Å². The van der Waals surface area contributed by atoms with Gasteiger partial charge in [-0.25, -0.2) is 9.59 Å². The Morgan fingerprint density at radius 3 is 1.16 bits per heavy atom. The summed E-state index contributed by atoms with van der Waals surface area (Å²) in [4.78, 5) is 46.1. The fourth-order valence-electron chi connectivity index (χ4n) is 4.19. The minimum atomic E-state index is -1.16. The minimum Gasteiger partial charge on any atom is -0.444 e. The second kappa shape index (κ2) is 14.8. The molecule has 4 N–H and O–H groups in total. The molecule has 0 radical (unpaired) electrons. The first-order chi connectivity index (χ1) is 17.4. The molecule has 2 saturated carbocycles. The molecule has 0 spiro atoms. The zero-order valence-electron chi connectivity index (χ0n) is 24.5. The van der Waals surface area contributed by atoms with Crippen LogP contribution in [0.25, 0.3) is 0 Å². The van der Waals surface area contributed by atoms with Gasteiger partial charge < -0.3 is 30.3 Å². The third-order valence-corrected chi connectivity index (χ3v) is 6.62. The fourth-order valence-corrected chi connectivity index (χ4v) is 4.19. The number of nitrogens with one attached hydrogen (secondary N) is 2. The molecular weight excluding hydrogens is 492 g/mol. The second-order valence-corrected chi connectivity index (χ2v) is 12.7. The van der Waals surface area contributed by atoms with E-state index in [4.69, 9.17) is 9.47 Å². The summed E-state index contributed by atoms with van der Waals surface area (Å²) < 4.78 is 10.3. The predicted molar refractivity (Wildman–Crippen MR) is 144 cm³/mol. The molecule has 0 aromatic carbocycles. The molecule has 38 heavy (non-hydrogen) atoms. The molecule has 10 nitrogen and oxygen atoms in total. The molecule has 2 amide bonds. The Balaban J connectivity index is 0.000000380. The van der Waals surface area contributed by atoms with Gasteiger partial charge in [-0.2, -0.15) is 0 Å². The van der Waals surface area contributed by atoms with Crippen LogP contribution in [0.4, 0.5) is 9.59 Å². The van der Waals surface area contributed by atoms with Gasteiger partial charge in [0.2, 0.25) is 0 Å². The summed E-state index contributed by atoms with van der Waals surface area (Å²) in [6.45, 7) is 13.3. The first kappa shape index (κ1) is 33.8. The molecule has 0 aromatic rings. The third kappa shape index (κ3) is 13.6. The van der Waals surface area contributed by atoms with Crippen molar-refractivity contribution in [3.8, 4) is 0 Å². The zero-order valence-corrected chi connectivity index (χ0v) is 24.5. The summed E-state index contributed by atoms with van der Waals surface area (Å²) >= 11 is 0. The summed E-state index contributed by atoms with van der Waals surface area (Å²) in [6.07, 6.45) is 4.50. The predicted octanol–water partition coefficient (Wildman–Crippen LogP) is 4.04. The first-order valence-electron chi connectivity index (χ1n) is 13.7. The number of aliphatic hydroxyl groups excluding tert-OH is 2. The number of amides is 2. The maximum Gasteiger partial charge on any atom is 0.407 e. The van der Waals surface area contributed by atoms with Gasteiger partial charge in [0.1, 0.15) is 23.4 Å². The molecule has 2 aliphatic rings. The van der Waals surface area contributed by atoms with Crippen LogP contribution in [-0.4, -0.2) is 69.5 Å². The number of hydrogen-bond donors (Lipinski definition) is 4. The summed E-state index contributed by atoms with van der Waals surface area (Å²) in [5.41, 5.74) is -1.18. The summed E-state index contributed by atoms with van der Waals surface area (Å²) in [5, 5.41) is 25.0. The first-order valence-corrected chi connectivity index (χ1v) is 13.7. The molecule has 0 saturated heterocycles. The average Bonchev–Trinajstić information content (AvgIpc) is 2.67. The van der Waals surface area contributed by atoms with Crippen LogP contribution in [0.3, 0.4) is 0 Å². The molecule has 0 bridgehead atoms. The van der Waals surface area contributed by atoms with Crippen LogP contribution in [0.15, 0.2) is 0 Å². The lowest BCUT2D eigenvalue weighted by Crippen LogP contribution is -2.49. The molecule has 2 fully saturated rings. The van der Waals surface area contributed by atoms with Crippen LogP contribution in [-0.2, 0) is 19.1 Å². The Kier molecular flexibility index (Phi) is 13.2. The molecule has 4 atom stereocenters. The Labute approximate surface area is 227 Å². The number of Topliss-reactive ketones (excluding diaryl/α,β-unsaturated/α-hetero) is 2. The van der Waals surface area contributed by atoms with E-state index in [2.05, 4.69) is 10.6 Å². The van der Waals surface area contributed by atoms with E-state index in [1.54, 1.807) is 41.5 Å². The van der Waals surface area contributed by atoms with E-state index in [0.717, 1.165) is 25.7 Å². The van der Waals surface area contributed by atoms with Crippen LogP contribution in [0, 0.1) is 11.8 Å². The summed E-state index contributed by atoms with van der Waals surface area (Å²) in [7, 11) is 0. The van der Waals surface area contributed by atoms with Crippen molar-refractivity contribution in [1.29, 1.82) is 0 Å². The van der Waals surface area contributed by atoms with E-state index < -0.39 is 47.7 Å². The third-order valence-electron chi connectivity index (χ3n) is 6.62. The van der Waals surface area contributed by atoms with Crippen LogP contribution in [0.5, 0.6) is 0 Å². The Morgan fingerprint density at radius 2 is 0.974 bits per heavy atom. The van der Waals surface area contributed by atoms with E-state index in [1.807, 2.05) is 0 Å². The molecule has 0 aliphatic heterocycles. The molecule has 0 unspecified atom stereocenters.